The number of hydrogen-bond acceptors (Lipinski definition) is 5. The van der Waals surface area contributed by atoms with E-state index in [-0.39, 0.29) is 24.6 Å². The van der Waals surface area contributed by atoms with Crippen molar-refractivity contribution in [3.8, 4) is 28.6 Å². The Bertz CT molecular complexity index is 1960. The van der Waals surface area contributed by atoms with Crippen LogP contribution in [0.4, 0.5) is 0 Å². The zero-order valence-corrected chi connectivity index (χ0v) is 24.2. The number of ether oxygens (including phenoxy) is 2. The molecule has 0 unspecified atom stereocenters. The van der Waals surface area contributed by atoms with E-state index in [1.165, 1.54) is 0 Å². The van der Waals surface area contributed by atoms with Gasteiger partial charge in [-0.3, -0.25) is 13.9 Å². The van der Waals surface area contributed by atoms with E-state index in [9.17, 15) is 9.59 Å². The Morgan fingerprint density at radius 2 is 1.36 bits per heavy atom. The lowest BCUT2D eigenvalue weighted by Crippen LogP contribution is -2.23. The Hall–Kier alpha value is -5.63. The highest BCUT2D eigenvalue weighted by molar-refractivity contribution is 5.84. The average molecular weight is 586 g/mol. The molecule has 220 valence electrons. The average Bonchev–Trinajstić information content (AvgIpc) is 3.33. The number of benzene rings is 4. The Kier molecular flexibility index (Phi) is 8.23. The predicted octanol–water partition coefficient (Wildman–Crippen LogP) is 6.66. The topological polar surface area (TPSA) is 95.6 Å². The quantitative estimate of drug-likeness (QED) is 0.183. The van der Waals surface area contributed by atoms with Crippen LogP contribution >= 0.6 is 0 Å². The van der Waals surface area contributed by atoms with Crippen molar-refractivity contribution in [2.75, 3.05) is 0 Å². The molecule has 0 saturated heterocycles. The van der Waals surface area contributed by atoms with Crippen LogP contribution in [0.2, 0.25) is 0 Å². The summed E-state index contributed by atoms with van der Waals surface area (Å²) in [7, 11) is 0. The van der Waals surface area contributed by atoms with Gasteiger partial charge in [0.2, 0.25) is 11.8 Å². The first-order valence-electron chi connectivity index (χ1n) is 14.4. The van der Waals surface area contributed by atoms with Gasteiger partial charge in [-0.15, -0.1) is 0 Å². The van der Waals surface area contributed by atoms with Crippen LogP contribution in [0.3, 0.4) is 0 Å². The van der Waals surface area contributed by atoms with Gasteiger partial charge >= 0.3 is 11.7 Å². The fourth-order valence-corrected chi connectivity index (χ4v) is 5.19. The summed E-state index contributed by atoms with van der Waals surface area (Å²) in [6.45, 7) is 3.02. The number of carboxylic acid groups (broad SMARTS) is 1. The number of aromatic nitrogens is 3. The number of imidazole rings is 1. The maximum Gasteiger partial charge on any atom is 0.333 e. The maximum atomic E-state index is 13.9. The van der Waals surface area contributed by atoms with Crippen molar-refractivity contribution in [1.29, 1.82) is 0 Å². The standard InChI is InChI=1S/C36H31N3O5/c1-2-38-32-22-29(28-15-13-25(14-16-28)21-34(40)41)17-18-30(32)39(36(38)42)31-19-20-33(43-23-26-9-5-3-6-10-26)37-35(31)44-24-27-11-7-4-8-12-27/h3-20,22H,2,21,23-24H2,1H3,(H,40,41). The van der Waals surface area contributed by atoms with Crippen LogP contribution in [-0.4, -0.2) is 25.2 Å². The van der Waals surface area contributed by atoms with Gasteiger partial charge in [-0.2, -0.15) is 4.98 Å². The molecule has 1 N–H and O–H groups in total. The molecule has 0 amide bonds. The summed E-state index contributed by atoms with van der Waals surface area (Å²) < 4.78 is 15.6. The van der Waals surface area contributed by atoms with Gasteiger partial charge in [-0.25, -0.2) is 4.79 Å². The van der Waals surface area contributed by atoms with Crippen LogP contribution in [0.5, 0.6) is 11.8 Å². The van der Waals surface area contributed by atoms with Crippen molar-refractivity contribution in [3.05, 3.63) is 142 Å². The molecule has 4 aromatic carbocycles. The van der Waals surface area contributed by atoms with E-state index in [0.29, 0.717) is 30.2 Å². The number of nitrogens with zero attached hydrogens (tertiary/aromatic N) is 3. The lowest BCUT2D eigenvalue weighted by atomic mass is 10.0. The van der Waals surface area contributed by atoms with Gasteiger partial charge in [-0.05, 0) is 52.9 Å². The summed E-state index contributed by atoms with van der Waals surface area (Å²) in [5, 5.41) is 9.10. The summed E-state index contributed by atoms with van der Waals surface area (Å²) in [4.78, 5) is 29.7. The number of aryl methyl sites for hydroxylation is 1. The molecule has 0 aliphatic carbocycles. The first-order chi connectivity index (χ1) is 21.5. The van der Waals surface area contributed by atoms with Crippen molar-refractivity contribution >= 4 is 17.0 Å². The van der Waals surface area contributed by atoms with Gasteiger partial charge in [0.05, 0.1) is 17.5 Å². The number of fused-ring (bicyclic) bond motifs is 1. The number of rotatable bonds is 11. The van der Waals surface area contributed by atoms with Crippen LogP contribution in [0, 0.1) is 0 Å². The Labute approximate surface area is 254 Å². The van der Waals surface area contributed by atoms with Crippen LogP contribution in [-0.2, 0) is 31.0 Å². The Morgan fingerprint density at radius 3 is 2.00 bits per heavy atom. The van der Waals surface area contributed by atoms with Crippen LogP contribution in [0.15, 0.2) is 120 Å². The molecule has 2 aromatic heterocycles. The second-order valence-corrected chi connectivity index (χ2v) is 10.4. The summed E-state index contributed by atoms with van der Waals surface area (Å²) in [6, 6.07) is 36.5. The zero-order valence-electron chi connectivity index (χ0n) is 24.2. The van der Waals surface area contributed by atoms with E-state index in [2.05, 4.69) is 0 Å². The van der Waals surface area contributed by atoms with Crippen LogP contribution < -0.4 is 15.2 Å². The van der Waals surface area contributed by atoms with Gasteiger partial charge in [-0.1, -0.05) is 91.0 Å². The Morgan fingerprint density at radius 1 is 0.727 bits per heavy atom. The van der Waals surface area contributed by atoms with Crippen molar-refractivity contribution < 1.29 is 19.4 Å². The molecule has 0 atom stereocenters. The number of hydrogen-bond donors (Lipinski definition) is 1. The molecule has 0 saturated carbocycles. The molecule has 0 aliphatic rings. The predicted molar refractivity (Wildman–Crippen MR) is 169 cm³/mol. The van der Waals surface area contributed by atoms with Gasteiger partial charge in [0.25, 0.3) is 0 Å². The summed E-state index contributed by atoms with van der Waals surface area (Å²) >= 11 is 0. The van der Waals surface area contributed by atoms with Crippen LogP contribution in [0.1, 0.15) is 23.6 Å². The van der Waals surface area contributed by atoms with Gasteiger partial charge in [0.15, 0.2) is 0 Å². The second kappa shape index (κ2) is 12.7. The molecule has 0 aliphatic heterocycles. The molecule has 8 heteroatoms. The highest BCUT2D eigenvalue weighted by Crippen LogP contribution is 2.30. The van der Waals surface area contributed by atoms with E-state index in [1.807, 2.05) is 116 Å². The number of pyridine rings is 1. The molecular weight excluding hydrogens is 554 g/mol. The lowest BCUT2D eigenvalue weighted by Gasteiger charge is -2.14. The first-order valence-corrected chi connectivity index (χ1v) is 14.4. The van der Waals surface area contributed by atoms with E-state index >= 15 is 0 Å². The molecule has 0 bridgehead atoms. The third-order valence-electron chi connectivity index (χ3n) is 7.39. The molecule has 6 rings (SSSR count). The second-order valence-electron chi connectivity index (χ2n) is 10.4. The minimum Gasteiger partial charge on any atom is -0.481 e. The normalized spacial score (nSPS) is 11.0. The SMILES string of the molecule is CCn1c(=O)n(-c2ccc(OCc3ccccc3)nc2OCc2ccccc2)c2ccc(-c3ccc(CC(=O)O)cc3)cc21. The largest absolute Gasteiger partial charge is 0.481 e. The van der Waals surface area contributed by atoms with Crippen molar-refractivity contribution in [1.82, 2.24) is 14.1 Å². The number of aliphatic carboxylic acids is 1. The minimum atomic E-state index is -0.870. The van der Waals surface area contributed by atoms with E-state index in [4.69, 9.17) is 19.6 Å². The molecule has 6 aromatic rings. The van der Waals surface area contributed by atoms with Gasteiger partial charge < -0.3 is 14.6 Å². The van der Waals surface area contributed by atoms with Crippen molar-refractivity contribution in [3.63, 3.8) is 0 Å². The molecule has 44 heavy (non-hydrogen) atoms. The fraction of sp³-hybridized carbons (Fsp3) is 0.139. The third kappa shape index (κ3) is 6.10. The van der Waals surface area contributed by atoms with Gasteiger partial charge in [0.1, 0.15) is 18.9 Å². The molecule has 0 radical (unpaired) electrons. The highest BCUT2D eigenvalue weighted by atomic mass is 16.5. The van der Waals surface area contributed by atoms with E-state index in [1.54, 1.807) is 15.2 Å². The summed E-state index contributed by atoms with van der Waals surface area (Å²) in [5.41, 5.74) is 6.35. The summed E-state index contributed by atoms with van der Waals surface area (Å²) in [6.07, 6.45) is -0.0314. The Balaban J connectivity index is 1.39. The number of carbonyl (C=O) groups is 1. The molecule has 0 fully saturated rings. The molecule has 2 heterocycles. The summed E-state index contributed by atoms with van der Waals surface area (Å²) in [5.74, 6) is -0.193. The smallest absolute Gasteiger partial charge is 0.333 e. The first kappa shape index (κ1) is 28.5. The molecule has 0 spiro atoms. The van der Waals surface area contributed by atoms with E-state index in [0.717, 1.165) is 33.3 Å². The molecule has 8 nitrogen and oxygen atoms in total. The molecular formula is C36H31N3O5. The van der Waals surface area contributed by atoms with Crippen LogP contribution in [0.25, 0.3) is 27.8 Å². The van der Waals surface area contributed by atoms with Crippen molar-refractivity contribution in [2.24, 2.45) is 0 Å². The highest BCUT2D eigenvalue weighted by Gasteiger charge is 2.20. The zero-order chi connectivity index (χ0) is 30.5. The monoisotopic (exact) mass is 585 g/mol. The minimum absolute atomic E-state index is 0.0314. The maximum absolute atomic E-state index is 13.9. The lowest BCUT2D eigenvalue weighted by molar-refractivity contribution is -0.136. The fourth-order valence-electron chi connectivity index (χ4n) is 5.19. The van der Waals surface area contributed by atoms with E-state index < -0.39 is 5.97 Å². The number of carboxylic acids is 1. The van der Waals surface area contributed by atoms with Gasteiger partial charge in [0, 0.05) is 12.6 Å². The van der Waals surface area contributed by atoms with Crippen molar-refractivity contribution in [2.45, 2.75) is 33.1 Å². The third-order valence-corrected chi connectivity index (χ3v) is 7.39.